The van der Waals surface area contributed by atoms with E-state index in [9.17, 15) is 13.2 Å². The summed E-state index contributed by atoms with van der Waals surface area (Å²) >= 11 is 0. The smallest absolute Gasteiger partial charge is 0.207 e. The lowest BCUT2D eigenvalue weighted by molar-refractivity contribution is 0.144. The van der Waals surface area contributed by atoms with Gasteiger partial charge in [0.1, 0.15) is 11.2 Å². The molecule has 0 aliphatic carbocycles. The first kappa shape index (κ1) is 16.6. The molecule has 0 amide bonds. The molecular weight excluding hydrogens is 263 g/mol. The van der Waals surface area contributed by atoms with Crippen LogP contribution < -0.4 is 0 Å². The second kappa shape index (κ2) is 5.87. The predicted molar refractivity (Wildman–Crippen MR) is 75.7 cm³/mol. The fraction of sp³-hybridized carbons (Fsp3) is 0.562. The van der Waals surface area contributed by atoms with Crippen LogP contribution in [0.2, 0.25) is 0 Å². The number of rotatable bonds is 2. The van der Waals surface area contributed by atoms with Crippen molar-refractivity contribution in [3.05, 3.63) is 34.4 Å². The number of benzene rings is 1. The van der Waals surface area contributed by atoms with Crippen molar-refractivity contribution in [2.45, 2.75) is 47.5 Å². The van der Waals surface area contributed by atoms with E-state index >= 15 is 0 Å². The molecule has 0 spiro atoms. The SMILES string of the molecule is CCC(C#[N+]c1c(F)cc(F)cc1F)(CC)C(C)(C)C. The highest BCUT2D eigenvalue weighted by molar-refractivity contribution is 5.49. The van der Waals surface area contributed by atoms with E-state index in [0.29, 0.717) is 12.1 Å². The lowest BCUT2D eigenvalue weighted by atomic mass is 9.64. The van der Waals surface area contributed by atoms with Crippen LogP contribution in [-0.4, -0.2) is 0 Å². The van der Waals surface area contributed by atoms with Gasteiger partial charge in [-0.1, -0.05) is 34.6 Å². The summed E-state index contributed by atoms with van der Waals surface area (Å²) in [5.74, 6) is -2.97. The summed E-state index contributed by atoms with van der Waals surface area (Å²) in [7, 11) is 0. The standard InChI is InChI=1S/C16H21F3N/c1-6-16(7-2,15(3,4)5)10-20-14-12(18)8-11(17)9-13(14)19/h8-9H,6-7H2,1-5H3/q+1. The highest BCUT2D eigenvalue weighted by Gasteiger charge is 2.43. The van der Waals surface area contributed by atoms with Gasteiger partial charge in [-0.05, 0) is 23.1 Å². The first-order valence-electron chi connectivity index (χ1n) is 6.79. The van der Waals surface area contributed by atoms with Gasteiger partial charge >= 0.3 is 5.69 Å². The first-order chi connectivity index (χ1) is 9.16. The number of hydrogen-bond acceptors (Lipinski definition) is 0. The zero-order chi connectivity index (χ0) is 15.6. The topological polar surface area (TPSA) is 4.36 Å². The molecule has 0 heterocycles. The van der Waals surface area contributed by atoms with Crippen LogP contribution in [0, 0.1) is 34.4 Å². The second-order valence-electron chi connectivity index (χ2n) is 5.98. The third-order valence-electron chi connectivity index (χ3n) is 4.01. The van der Waals surface area contributed by atoms with Crippen molar-refractivity contribution >= 4 is 5.69 Å². The number of hydrogen-bond donors (Lipinski definition) is 0. The Kier molecular flexibility index (Phi) is 4.86. The van der Waals surface area contributed by atoms with Gasteiger partial charge in [0.05, 0.1) is 0 Å². The van der Waals surface area contributed by atoms with Gasteiger partial charge in [0.25, 0.3) is 6.07 Å². The molecule has 0 aliphatic rings. The molecule has 1 aromatic rings. The van der Waals surface area contributed by atoms with Crippen LogP contribution in [0.4, 0.5) is 18.9 Å². The fourth-order valence-corrected chi connectivity index (χ4v) is 2.44. The maximum absolute atomic E-state index is 13.6. The lowest BCUT2D eigenvalue weighted by Gasteiger charge is -2.34. The van der Waals surface area contributed by atoms with Crippen LogP contribution in [0.3, 0.4) is 0 Å². The van der Waals surface area contributed by atoms with Crippen LogP contribution in [-0.2, 0) is 0 Å². The van der Waals surface area contributed by atoms with Gasteiger partial charge in [-0.2, -0.15) is 8.78 Å². The van der Waals surface area contributed by atoms with Crippen molar-refractivity contribution in [3.63, 3.8) is 0 Å². The normalized spacial score (nSPS) is 12.0. The maximum Gasteiger partial charge on any atom is 0.410 e. The predicted octanol–water partition coefficient (Wildman–Crippen LogP) is 5.92. The maximum atomic E-state index is 13.6. The van der Waals surface area contributed by atoms with Crippen molar-refractivity contribution < 1.29 is 13.2 Å². The van der Waals surface area contributed by atoms with Gasteiger partial charge in [0.15, 0.2) is 0 Å². The molecular formula is C16H21F3N+. The minimum absolute atomic E-state index is 0.146. The van der Waals surface area contributed by atoms with Gasteiger partial charge in [0.2, 0.25) is 11.6 Å². The van der Waals surface area contributed by atoms with Crippen molar-refractivity contribution in [1.29, 1.82) is 0 Å². The molecule has 0 aromatic heterocycles. The summed E-state index contributed by atoms with van der Waals surface area (Å²) in [6.45, 7) is 10.1. The van der Waals surface area contributed by atoms with E-state index in [4.69, 9.17) is 0 Å². The summed E-state index contributed by atoms with van der Waals surface area (Å²) in [5, 5.41) is 0. The largest absolute Gasteiger partial charge is 0.410 e. The Morgan fingerprint density at radius 1 is 1.00 bits per heavy atom. The van der Waals surface area contributed by atoms with Gasteiger partial charge in [-0.25, -0.2) is 4.39 Å². The quantitative estimate of drug-likeness (QED) is 0.635. The summed E-state index contributed by atoms with van der Waals surface area (Å²) in [5.41, 5.74) is -1.02. The Balaban J connectivity index is 3.35. The number of nitrogens with zero attached hydrogens (tertiary/aromatic N) is 1. The highest BCUT2D eigenvalue weighted by Crippen LogP contribution is 2.44. The van der Waals surface area contributed by atoms with Crippen LogP contribution in [0.1, 0.15) is 47.5 Å². The Morgan fingerprint density at radius 3 is 1.80 bits per heavy atom. The Morgan fingerprint density at radius 2 is 1.45 bits per heavy atom. The van der Waals surface area contributed by atoms with E-state index in [1.165, 1.54) is 0 Å². The van der Waals surface area contributed by atoms with E-state index in [1.807, 2.05) is 34.6 Å². The molecule has 110 valence electrons. The molecule has 0 fully saturated rings. The molecule has 0 saturated heterocycles. The molecule has 0 radical (unpaired) electrons. The monoisotopic (exact) mass is 284 g/mol. The van der Waals surface area contributed by atoms with Crippen molar-refractivity contribution in [1.82, 2.24) is 0 Å². The molecule has 20 heavy (non-hydrogen) atoms. The molecule has 0 saturated carbocycles. The lowest BCUT2D eigenvalue weighted by Crippen LogP contribution is -2.33. The van der Waals surface area contributed by atoms with Crippen molar-refractivity contribution in [2.24, 2.45) is 10.8 Å². The van der Waals surface area contributed by atoms with E-state index in [2.05, 4.69) is 10.9 Å². The minimum Gasteiger partial charge on any atom is -0.207 e. The third kappa shape index (κ3) is 3.15. The molecule has 1 aromatic carbocycles. The third-order valence-corrected chi connectivity index (χ3v) is 4.01. The minimum atomic E-state index is -1.01. The second-order valence-corrected chi connectivity index (χ2v) is 5.98. The Bertz CT molecular complexity index is 520. The summed E-state index contributed by atoms with van der Waals surface area (Å²) in [6.07, 6.45) is 1.50. The fourth-order valence-electron chi connectivity index (χ4n) is 2.44. The molecule has 4 heteroatoms. The van der Waals surface area contributed by atoms with Crippen LogP contribution in [0.15, 0.2) is 12.1 Å². The molecule has 0 atom stereocenters. The molecule has 1 rings (SSSR count). The average Bonchev–Trinajstić information content (AvgIpc) is 2.31. The van der Waals surface area contributed by atoms with Crippen LogP contribution in [0.25, 0.3) is 4.85 Å². The van der Waals surface area contributed by atoms with Crippen LogP contribution >= 0.6 is 0 Å². The molecule has 0 bridgehead atoms. The molecule has 0 unspecified atom stereocenters. The first-order valence-corrected chi connectivity index (χ1v) is 6.79. The Hall–Kier alpha value is -1.50. The van der Waals surface area contributed by atoms with Crippen molar-refractivity contribution in [3.8, 4) is 6.07 Å². The van der Waals surface area contributed by atoms with E-state index < -0.39 is 23.1 Å². The average molecular weight is 284 g/mol. The molecule has 0 N–H and O–H groups in total. The Labute approximate surface area is 118 Å². The summed E-state index contributed by atoms with van der Waals surface area (Å²) in [4.78, 5) is 3.86. The van der Waals surface area contributed by atoms with Crippen LogP contribution in [0.5, 0.6) is 0 Å². The zero-order valence-corrected chi connectivity index (χ0v) is 12.7. The van der Waals surface area contributed by atoms with E-state index in [1.54, 1.807) is 0 Å². The van der Waals surface area contributed by atoms with Gasteiger partial charge in [-0.15, -0.1) is 0 Å². The van der Waals surface area contributed by atoms with Gasteiger partial charge < -0.3 is 0 Å². The zero-order valence-electron chi connectivity index (χ0n) is 12.7. The van der Waals surface area contributed by atoms with Gasteiger partial charge in [0, 0.05) is 12.1 Å². The molecule has 0 aliphatic heterocycles. The number of halogens is 3. The molecule has 1 nitrogen and oxygen atoms in total. The van der Waals surface area contributed by atoms with Gasteiger partial charge in [-0.3, -0.25) is 0 Å². The van der Waals surface area contributed by atoms with Crippen molar-refractivity contribution in [2.75, 3.05) is 0 Å². The summed E-state index contributed by atoms with van der Waals surface area (Å²) in [6, 6.07) is 4.16. The van der Waals surface area contributed by atoms with E-state index in [0.717, 1.165) is 12.8 Å². The summed E-state index contributed by atoms with van der Waals surface area (Å²) < 4.78 is 40.0. The highest BCUT2D eigenvalue weighted by atomic mass is 19.1. The van der Waals surface area contributed by atoms with E-state index in [-0.39, 0.29) is 10.8 Å².